The van der Waals surface area contributed by atoms with Crippen molar-refractivity contribution in [3.8, 4) is 0 Å². The van der Waals surface area contributed by atoms with E-state index in [1.165, 1.54) is 12.3 Å². The fraction of sp³-hybridized carbons (Fsp3) is 0.367. The standard InChI is InChI=1S/C30H38N4O6S2/c1-30(2,3)33-28(36)23-15-9-8-14-22(23)19-26(35)24(18-21-12-6-5-7-13-21)32-29(37)25(34-42(4,39)40)20-41(38)27-16-10-11-17-31-27/h5-17,24-26,34-35H,18-20H2,1-4H3,(H,32,37)(H,33,36)/t24-,25+,26+,41?/m0/s1. The van der Waals surface area contributed by atoms with Gasteiger partial charge in [0.05, 0.1) is 35.0 Å². The molecule has 0 saturated heterocycles. The van der Waals surface area contributed by atoms with E-state index in [0.717, 1.165) is 11.8 Å². The van der Waals surface area contributed by atoms with E-state index in [9.17, 15) is 27.3 Å². The number of nitrogens with zero attached hydrogens (tertiary/aromatic N) is 1. The van der Waals surface area contributed by atoms with E-state index in [0.29, 0.717) is 11.1 Å². The molecule has 0 fully saturated rings. The predicted molar refractivity (Wildman–Crippen MR) is 163 cm³/mol. The maximum absolute atomic E-state index is 13.5. The summed E-state index contributed by atoms with van der Waals surface area (Å²) in [7, 11) is -5.65. The SMILES string of the molecule is CC(C)(C)NC(=O)c1ccccc1C[C@@H](O)[C@H](Cc1ccccc1)NC(=O)[C@@H](CS(=O)c1ccccn1)NS(C)(=O)=O. The van der Waals surface area contributed by atoms with Crippen LogP contribution in [0.5, 0.6) is 0 Å². The summed E-state index contributed by atoms with van der Waals surface area (Å²) in [6.07, 6.45) is 1.47. The summed E-state index contributed by atoms with van der Waals surface area (Å²) in [5, 5.41) is 17.3. The van der Waals surface area contributed by atoms with Crippen molar-refractivity contribution < 1.29 is 27.3 Å². The van der Waals surface area contributed by atoms with Gasteiger partial charge >= 0.3 is 0 Å². The van der Waals surface area contributed by atoms with Crippen LogP contribution in [-0.2, 0) is 38.5 Å². The minimum atomic E-state index is -3.86. The summed E-state index contributed by atoms with van der Waals surface area (Å²) in [6.45, 7) is 5.61. The quantitative estimate of drug-likeness (QED) is 0.230. The summed E-state index contributed by atoms with van der Waals surface area (Å²) < 4.78 is 39.5. The first-order valence-corrected chi connectivity index (χ1v) is 16.6. The number of rotatable bonds is 13. The number of pyridine rings is 1. The molecule has 0 radical (unpaired) electrons. The molecule has 0 bridgehead atoms. The van der Waals surface area contributed by atoms with E-state index in [1.54, 1.807) is 36.4 Å². The average Bonchev–Trinajstić information content (AvgIpc) is 2.92. The topological polar surface area (TPSA) is 155 Å². The number of benzene rings is 2. The molecule has 0 aliphatic carbocycles. The molecule has 0 aliphatic rings. The molecule has 12 heteroatoms. The van der Waals surface area contributed by atoms with E-state index in [1.807, 2.05) is 51.1 Å². The summed E-state index contributed by atoms with van der Waals surface area (Å²) in [4.78, 5) is 30.5. The smallest absolute Gasteiger partial charge is 0.251 e. The minimum absolute atomic E-state index is 0.0373. The van der Waals surface area contributed by atoms with Crippen LogP contribution < -0.4 is 15.4 Å². The number of aliphatic hydroxyl groups excluding tert-OH is 1. The molecule has 2 aromatic carbocycles. The van der Waals surface area contributed by atoms with Crippen LogP contribution in [0.25, 0.3) is 0 Å². The number of nitrogens with one attached hydrogen (secondary N) is 3. The molecule has 0 spiro atoms. The van der Waals surface area contributed by atoms with E-state index >= 15 is 0 Å². The van der Waals surface area contributed by atoms with Gasteiger partial charge in [-0.15, -0.1) is 0 Å². The van der Waals surface area contributed by atoms with E-state index in [2.05, 4.69) is 20.3 Å². The van der Waals surface area contributed by atoms with Crippen LogP contribution in [0.2, 0.25) is 0 Å². The lowest BCUT2D eigenvalue weighted by Crippen LogP contribution is -2.55. The molecule has 42 heavy (non-hydrogen) atoms. The first kappa shape index (κ1) is 33.1. The maximum Gasteiger partial charge on any atom is 0.251 e. The van der Waals surface area contributed by atoms with Crippen LogP contribution >= 0.6 is 0 Å². The third kappa shape index (κ3) is 10.8. The van der Waals surface area contributed by atoms with Gasteiger partial charge in [0.1, 0.15) is 11.1 Å². The molecule has 226 valence electrons. The Balaban J connectivity index is 1.87. The van der Waals surface area contributed by atoms with E-state index in [4.69, 9.17) is 0 Å². The molecule has 3 aromatic rings. The van der Waals surface area contributed by atoms with Gasteiger partial charge in [0.2, 0.25) is 15.9 Å². The number of hydrogen-bond donors (Lipinski definition) is 4. The van der Waals surface area contributed by atoms with E-state index < -0.39 is 50.5 Å². The molecule has 2 amide bonds. The van der Waals surface area contributed by atoms with Crippen molar-refractivity contribution in [3.63, 3.8) is 0 Å². The Labute approximate surface area is 249 Å². The lowest BCUT2D eigenvalue weighted by Gasteiger charge is -2.28. The van der Waals surface area contributed by atoms with Crippen LogP contribution in [0.4, 0.5) is 0 Å². The first-order valence-electron chi connectivity index (χ1n) is 13.4. The van der Waals surface area contributed by atoms with Crippen molar-refractivity contribution in [1.29, 1.82) is 0 Å². The van der Waals surface area contributed by atoms with Gasteiger partial charge in [0.15, 0.2) is 0 Å². The number of amides is 2. The van der Waals surface area contributed by atoms with Crippen molar-refractivity contribution in [3.05, 3.63) is 95.7 Å². The molecule has 10 nitrogen and oxygen atoms in total. The Hall–Kier alpha value is -3.45. The number of carbonyl (C=O) groups is 2. The molecule has 1 aromatic heterocycles. The fourth-order valence-corrected chi connectivity index (χ4v) is 6.20. The number of hydrogen-bond acceptors (Lipinski definition) is 7. The highest BCUT2D eigenvalue weighted by Crippen LogP contribution is 2.17. The lowest BCUT2D eigenvalue weighted by molar-refractivity contribution is -0.123. The molecular formula is C30H38N4O6S2. The Bertz CT molecular complexity index is 1480. The van der Waals surface area contributed by atoms with Gasteiger partial charge in [-0.2, -0.15) is 0 Å². The van der Waals surface area contributed by atoms with Crippen molar-refractivity contribution in [2.45, 2.75) is 62.4 Å². The molecule has 1 heterocycles. The van der Waals surface area contributed by atoms with Gasteiger partial charge in [-0.05, 0) is 56.5 Å². The second-order valence-electron chi connectivity index (χ2n) is 11.1. The maximum atomic E-state index is 13.5. The summed E-state index contributed by atoms with van der Waals surface area (Å²) in [5.74, 6) is -1.40. The molecule has 0 aliphatic heterocycles. The van der Waals surface area contributed by atoms with Gasteiger partial charge in [-0.25, -0.2) is 18.1 Å². The van der Waals surface area contributed by atoms with Gasteiger partial charge < -0.3 is 15.7 Å². The number of aliphatic hydroxyl groups is 1. The lowest BCUT2D eigenvalue weighted by atomic mass is 9.93. The Morgan fingerprint density at radius 1 is 0.952 bits per heavy atom. The minimum Gasteiger partial charge on any atom is -0.391 e. The third-order valence-electron chi connectivity index (χ3n) is 6.13. The highest BCUT2D eigenvalue weighted by Gasteiger charge is 2.30. The average molecular weight is 615 g/mol. The van der Waals surface area contributed by atoms with Crippen LogP contribution in [0.1, 0.15) is 42.3 Å². The first-order chi connectivity index (χ1) is 19.7. The van der Waals surface area contributed by atoms with Crippen LogP contribution in [0, 0.1) is 0 Å². The van der Waals surface area contributed by atoms with Gasteiger partial charge in [0, 0.05) is 23.7 Å². The van der Waals surface area contributed by atoms with Crippen molar-refractivity contribution in [1.82, 2.24) is 20.3 Å². The Morgan fingerprint density at radius 3 is 2.21 bits per heavy atom. The zero-order chi connectivity index (χ0) is 30.9. The van der Waals surface area contributed by atoms with Crippen LogP contribution in [0.15, 0.2) is 84.0 Å². The normalized spacial score (nSPS) is 14.8. The van der Waals surface area contributed by atoms with Gasteiger partial charge in [0.25, 0.3) is 5.91 Å². The zero-order valence-corrected chi connectivity index (χ0v) is 25.7. The largest absolute Gasteiger partial charge is 0.391 e. The molecule has 4 N–H and O–H groups in total. The van der Waals surface area contributed by atoms with Crippen molar-refractivity contribution in [2.24, 2.45) is 0 Å². The molecule has 1 unspecified atom stereocenters. The van der Waals surface area contributed by atoms with Crippen LogP contribution in [-0.4, -0.2) is 70.3 Å². The fourth-order valence-electron chi connectivity index (χ4n) is 4.27. The van der Waals surface area contributed by atoms with Crippen molar-refractivity contribution in [2.75, 3.05) is 12.0 Å². The molecule has 3 rings (SSSR count). The van der Waals surface area contributed by atoms with Crippen LogP contribution in [0.3, 0.4) is 0 Å². The highest BCUT2D eigenvalue weighted by molar-refractivity contribution is 7.89. The Kier molecular flexibility index (Phi) is 11.5. The number of sulfonamides is 1. The van der Waals surface area contributed by atoms with Gasteiger partial charge in [-0.1, -0.05) is 54.6 Å². The summed E-state index contributed by atoms with van der Waals surface area (Å²) in [5.41, 5.74) is 1.34. The second-order valence-corrected chi connectivity index (χ2v) is 14.3. The molecular weight excluding hydrogens is 576 g/mol. The van der Waals surface area contributed by atoms with Crippen molar-refractivity contribution >= 4 is 32.6 Å². The van der Waals surface area contributed by atoms with E-state index in [-0.39, 0.29) is 29.5 Å². The summed E-state index contributed by atoms with van der Waals surface area (Å²) in [6, 6.07) is 18.7. The zero-order valence-electron chi connectivity index (χ0n) is 24.1. The highest BCUT2D eigenvalue weighted by atomic mass is 32.2. The number of carbonyl (C=O) groups excluding carboxylic acids is 2. The molecule has 4 atom stereocenters. The predicted octanol–water partition coefficient (Wildman–Crippen LogP) is 1.97. The monoisotopic (exact) mass is 614 g/mol. The summed E-state index contributed by atoms with van der Waals surface area (Å²) >= 11 is 0. The molecule has 0 saturated carbocycles. The Morgan fingerprint density at radius 2 is 1.60 bits per heavy atom. The third-order valence-corrected chi connectivity index (χ3v) is 8.19. The second kappa shape index (κ2) is 14.6. The number of aromatic nitrogens is 1. The van der Waals surface area contributed by atoms with Gasteiger partial charge in [-0.3, -0.25) is 13.8 Å².